The van der Waals surface area contributed by atoms with E-state index in [9.17, 15) is 0 Å². The van der Waals surface area contributed by atoms with Crippen molar-refractivity contribution in [3.05, 3.63) is 35.4 Å². The summed E-state index contributed by atoms with van der Waals surface area (Å²) in [5, 5.41) is 3.49. The highest BCUT2D eigenvalue weighted by Crippen LogP contribution is 2.36. The number of nitrogens with one attached hydrogen (secondary N) is 1. The minimum Gasteiger partial charge on any atom is -0.313 e. The molecule has 0 bridgehead atoms. The van der Waals surface area contributed by atoms with Gasteiger partial charge in [0, 0.05) is 19.0 Å². The number of hydrogen-bond acceptors (Lipinski definition) is 1. The molecule has 1 heteroatoms. The number of benzene rings is 1. The molecule has 1 N–H and O–H groups in total. The molecule has 0 saturated heterocycles. The van der Waals surface area contributed by atoms with Crippen molar-refractivity contribution in [3.63, 3.8) is 0 Å². The maximum absolute atomic E-state index is 5.22. The molecular weight excluding hydrogens is 194 g/mol. The topological polar surface area (TPSA) is 12.0 Å². The molecule has 0 radical (unpaired) electrons. The van der Waals surface area contributed by atoms with Gasteiger partial charge in [-0.15, -0.1) is 12.3 Å². The van der Waals surface area contributed by atoms with E-state index >= 15 is 0 Å². The lowest BCUT2D eigenvalue weighted by Crippen LogP contribution is -2.40. The van der Waals surface area contributed by atoms with Gasteiger partial charge in [-0.2, -0.15) is 0 Å². The van der Waals surface area contributed by atoms with Crippen LogP contribution in [0.15, 0.2) is 24.3 Å². The molecule has 0 aromatic heterocycles. The van der Waals surface area contributed by atoms with Crippen molar-refractivity contribution in [2.45, 2.75) is 38.1 Å². The van der Waals surface area contributed by atoms with Gasteiger partial charge in [-0.1, -0.05) is 29.8 Å². The van der Waals surface area contributed by atoms with Crippen molar-refractivity contribution in [3.8, 4) is 12.3 Å². The highest BCUT2D eigenvalue weighted by molar-refractivity contribution is 5.27. The first kappa shape index (κ1) is 11.2. The molecule has 1 saturated carbocycles. The summed E-state index contributed by atoms with van der Waals surface area (Å²) in [6, 6.07) is 9.55. The van der Waals surface area contributed by atoms with E-state index in [1.165, 1.54) is 24.0 Å². The Kier molecular flexibility index (Phi) is 3.64. The van der Waals surface area contributed by atoms with Crippen LogP contribution in [-0.4, -0.2) is 12.6 Å². The molecule has 0 unspecified atom stereocenters. The normalized spacial score (nSPS) is 23.5. The third kappa shape index (κ3) is 2.65. The molecule has 0 amide bonds. The standard InChI is InChI=1S/C15H19N/c1-3-4-8-16-15-10-14(11-15)13-7-5-6-12(2)9-13/h1,5-7,9,14-16H,4,8,10-11H2,2H3. The maximum atomic E-state index is 5.22. The third-order valence-corrected chi connectivity index (χ3v) is 3.35. The van der Waals surface area contributed by atoms with Crippen LogP contribution in [-0.2, 0) is 0 Å². The zero-order valence-electron chi connectivity index (χ0n) is 9.87. The van der Waals surface area contributed by atoms with Crippen molar-refractivity contribution >= 4 is 0 Å². The van der Waals surface area contributed by atoms with Crippen molar-refractivity contribution in [2.75, 3.05) is 6.54 Å². The van der Waals surface area contributed by atoms with Crippen LogP contribution in [0, 0.1) is 19.3 Å². The lowest BCUT2D eigenvalue weighted by molar-refractivity contribution is 0.293. The van der Waals surface area contributed by atoms with Crippen LogP contribution in [0.2, 0.25) is 0 Å². The molecule has 84 valence electrons. The number of hydrogen-bond donors (Lipinski definition) is 1. The van der Waals surface area contributed by atoms with E-state index in [4.69, 9.17) is 6.42 Å². The van der Waals surface area contributed by atoms with Gasteiger partial charge in [0.15, 0.2) is 0 Å². The van der Waals surface area contributed by atoms with E-state index in [1.54, 1.807) is 0 Å². The zero-order valence-corrected chi connectivity index (χ0v) is 9.87. The molecule has 1 nitrogen and oxygen atoms in total. The van der Waals surface area contributed by atoms with Gasteiger partial charge in [0.05, 0.1) is 0 Å². The summed E-state index contributed by atoms with van der Waals surface area (Å²) < 4.78 is 0. The second kappa shape index (κ2) is 5.18. The fourth-order valence-corrected chi connectivity index (χ4v) is 2.33. The highest BCUT2D eigenvalue weighted by Gasteiger charge is 2.29. The highest BCUT2D eigenvalue weighted by atomic mass is 14.9. The zero-order chi connectivity index (χ0) is 11.4. The summed E-state index contributed by atoms with van der Waals surface area (Å²) >= 11 is 0. The fourth-order valence-electron chi connectivity index (χ4n) is 2.33. The van der Waals surface area contributed by atoms with Gasteiger partial charge in [0.2, 0.25) is 0 Å². The molecule has 2 rings (SSSR count). The van der Waals surface area contributed by atoms with E-state index in [0.717, 1.165) is 18.9 Å². The summed E-state index contributed by atoms with van der Waals surface area (Å²) in [5.41, 5.74) is 2.86. The minimum atomic E-state index is 0.680. The Morgan fingerprint density at radius 2 is 2.25 bits per heavy atom. The largest absolute Gasteiger partial charge is 0.313 e. The van der Waals surface area contributed by atoms with Crippen LogP contribution in [0.25, 0.3) is 0 Å². The molecule has 1 aliphatic rings. The summed E-state index contributed by atoms with van der Waals surface area (Å²) in [6.45, 7) is 3.12. The summed E-state index contributed by atoms with van der Waals surface area (Å²) in [4.78, 5) is 0. The van der Waals surface area contributed by atoms with E-state index < -0.39 is 0 Å². The van der Waals surface area contributed by atoms with E-state index in [0.29, 0.717) is 6.04 Å². The molecule has 0 heterocycles. The Morgan fingerprint density at radius 1 is 1.44 bits per heavy atom. The first-order chi connectivity index (χ1) is 7.79. The Labute approximate surface area is 98.3 Å². The Bertz CT molecular complexity index is 383. The fraction of sp³-hybridized carbons (Fsp3) is 0.467. The van der Waals surface area contributed by atoms with E-state index in [2.05, 4.69) is 42.4 Å². The molecule has 16 heavy (non-hydrogen) atoms. The van der Waals surface area contributed by atoms with Crippen LogP contribution in [0.5, 0.6) is 0 Å². The van der Waals surface area contributed by atoms with Gasteiger partial charge >= 0.3 is 0 Å². The number of terminal acetylenes is 1. The minimum absolute atomic E-state index is 0.680. The van der Waals surface area contributed by atoms with Crippen molar-refractivity contribution in [1.82, 2.24) is 5.32 Å². The predicted octanol–water partition coefficient (Wildman–Crippen LogP) is 2.85. The SMILES string of the molecule is C#CCCNC1CC(c2cccc(C)c2)C1. The van der Waals surface area contributed by atoms with Gasteiger partial charge in [0.25, 0.3) is 0 Å². The summed E-state index contributed by atoms with van der Waals surface area (Å²) in [6.07, 6.45) is 8.57. The lowest BCUT2D eigenvalue weighted by atomic mass is 9.75. The first-order valence-electron chi connectivity index (χ1n) is 6.03. The monoisotopic (exact) mass is 213 g/mol. The van der Waals surface area contributed by atoms with Crippen LogP contribution < -0.4 is 5.32 Å². The molecule has 1 aromatic rings. The van der Waals surface area contributed by atoms with Crippen molar-refractivity contribution in [2.24, 2.45) is 0 Å². The Hall–Kier alpha value is -1.26. The van der Waals surface area contributed by atoms with E-state index in [-0.39, 0.29) is 0 Å². The molecule has 0 atom stereocenters. The molecule has 1 fully saturated rings. The van der Waals surface area contributed by atoms with Gasteiger partial charge in [0.1, 0.15) is 0 Å². The van der Waals surface area contributed by atoms with Crippen LogP contribution in [0.4, 0.5) is 0 Å². The molecule has 1 aromatic carbocycles. The quantitative estimate of drug-likeness (QED) is 0.599. The van der Waals surface area contributed by atoms with Crippen molar-refractivity contribution < 1.29 is 0 Å². The first-order valence-corrected chi connectivity index (χ1v) is 6.03. The van der Waals surface area contributed by atoms with Gasteiger partial charge in [-0.3, -0.25) is 0 Å². The van der Waals surface area contributed by atoms with Gasteiger partial charge < -0.3 is 5.32 Å². The maximum Gasteiger partial charge on any atom is 0.0211 e. The smallest absolute Gasteiger partial charge is 0.0211 e. The average molecular weight is 213 g/mol. The van der Waals surface area contributed by atoms with Crippen LogP contribution >= 0.6 is 0 Å². The molecule has 0 aliphatic heterocycles. The predicted molar refractivity (Wildman–Crippen MR) is 68.4 cm³/mol. The molecular formula is C15H19N. The second-order valence-corrected chi connectivity index (χ2v) is 4.69. The molecule has 0 spiro atoms. The number of rotatable bonds is 4. The Morgan fingerprint density at radius 3 is 2.94 bits per heavy atom. The van der Waals surface area contributed by atoms with Crippen molar-refractivity contribution in [1.29, 1.82) is 0 Å². The summed E-state index contributed by atoms with van der Waals surface area (Å²) in [7, 11) is 0. The molecule has 1 aliphatic carbocycles. The van der Waals surface area contributed by atoms with Gasteiger partial charge in [-0.05, 0) is 31.2 Å². The second-order valence-electron chi connectivity index (χ2n) is 4.69. The summed E-state index contributed by atoms with van der Waals surface area (Å²) in [5.74, 6) is 3.41. The van der Waals surface area contributed by atoms with Gasteiger partial charge in [-0.25, -0.2) is 0 Å². The van der Waals surface area contributed by atoms with E-state index in [1.807, 2.05) is 0 Å². The lowest BCUT2D eigenvalue weighted by Gasteiger charge is -2.36. The van der Waals surface area contributed by atoms with Crippen LogP contribution in [0.3, 0.4) is 0 Å². The van der Waals surface area contributed by atoms with Crippen LogP contribution in [0.1, 0.15) is 36.3 Å². The average Bonchev–Trinajstić information content (AvgIpc) is 2.21. The number of aryl methyl sites for hydroxylation is 1. The Balaban J connectivity index is 1.78. The third-order valence-electron chi connectivity index (χ3n) is 3.35.